The Hall–Kier alpha value is -2.73. The number of hydrogen-bond acceptors (Lipinski definition) is 4. The first-order chi connectivity index (χ1) is 13.2. The number of nitrogens with one attached hydrogen (secondary N) is 2. The summed E-state index contributed by atoms with van der Waals surface area (Å²) >= 11 is 0. The molecular weight excluding hydrogens is 342 g/mol. The van der Waals surface area contributed by atoms with E-state index in [1.54, 1.807) is 14.2 Å². The highest BCUT2D eigenvalue weighted by Crippen LogP contribution is 2.19. The van der Waals surface area contributed by atoms with Crippen LogP contribution < -0.4 is 20.1 Å². The molecule has 0 aliphatic rings. The van der Waals surface area contributed by atoms with Crippen LogP contribution in [-0.2, 0) is 6.42 Å². The number of aliphatic hydroxyl groups excluding tert-OH is 1. The predicted octanol–water partition coefficient (Wildman–Crippen LogP) is 2.54. The van der Waals surface area contributed by atoms with Crippen LogP contribution in [0.25, 0.3) is 0 Å². The van der Waals surface area contributed by atoms with Gasteiger partial charge in [-0.2, -0.15) is 0 Å². The molecule has 3 N–H and O–H groups in total. The van der Waals surface area contributed by atoms with Crippen molar-refractivity contribution in [3.05, 3.63) is 59.7 Å². The van der Waals surface area contributed by atoms with Crippen LogP contribution in [0.4, 0.5) is 0 Å². The minimum Gasteiger partial charge on any atom is -0.497 e. The summed E-state index contributed by atoms with van der Waals surface area (Å²) in [5, 5.41) is 16.9. The van der Waals surface area contributed by atoms with Crippen molar-refractivity contribution in [3.8, 4) is 11.5 Å². The standard InChI is InChI=1S/C21H29N3O3/c1-4-22-21(23-13-12-16-8-10-18(26-2)11-9-16)24-15-20(25)17-6-5-7-19(14-17)27-3/h5-11,14,20,25H,4,12-13,15H2,1-3H3,(H2,22,23,24). The molecule has 0 radical (unpaired) electrons. The molecule has 6 nitrogen and oxygen atoms in total. The third-order valence-electron chi connectivity index (χ3n) is 4.11. The van der Waals surface area contributed by atoms with Gasteiger partial charge in [0, 0.05) is 13.1 Å². The summed E-state index contributed by atoms with van der Waals surface area (Å²) in [5.74, 6) is 2.26. The molecule has 0 heterocycles. The van der Waals surface area contributed by atoms with E-state index >= 15 is 0 Å². The Morgan fingerprint density at radius 2 is 1.78 bits per heavy atom. The highest BCUT2D eigenvalue weighted by Gasteiger charge is 2.08. The molecule has 0 saturated heterocycles. The van der Waals surface area contributed by atoms with Crippen LogP contribution in [0.2, 0.25) is 0 Å². The fourth-order valence-corrected chi connectivity index (χ4v) is 2.59. The first kappa shape index (κ1) is 20.6. The second kappa shape index (κ2) is 11.1. The minimum atomic E-state index is -0.683. The van der Waals surface area contributed by atoms with E-state index in [4.69, 9.17) is 9.47 Å². The normalized spacial score (nSPS) is 12.4. The van der Waals surface area contributed by atoms with Gasteiger partial charge in [-0.3, -0.25) is 4.99 Å². The number of benzene rings is 2. The van der Waals surface area contributed by atoms with Crippen molar-refractivity contribution in [2.75, 3.05) is 33.9 Å². The van der Waals surface area contributed by atoms with Gasteiger partial charge in [0.25, 0.3) is 0 Å². The van der Waals surface area contributed by atoms with Crippen LogP contribution >= 0.6 is 0 Å². The van der Waals surface area contributed by atoms with Crippen molar-refractivity contribution in [3.63, 3.8) is 0 Å². The summed E-state index contributed by atoms with van der Waals surface area (Å²) in [6, 6.07) is 15.4. The first-order valence-electron chi connectivity index (χ1n) is 9.13. The van der Waals surface area contributed by atoms with E-state index in [-0.39, 0.29) is 6.54 Å². The Labute approximate surface area is 161 Å². The van der Waals surface area contributed by atoms with E-state index in [1.165, 1.54) is 5.56 Å². The largest absolute Gasteiger partial charge is 0.497 e. The number of aliphatic imine (C=N–C) groups is 1. The Morgan fingerprint density at radius 3 is 2.44 bits per heavy atom. The molecule has 27 heavy (non-hydrogen) atoms. The highest BCUT2D eigenvalue weighted by atomic mass is 16.5. The van der Waals surface area contributed by atoms with E-state index in [0.717, 1.165) is 36.6 Å². The maximum absolute atomic E-state index is 10.4. The van der Waals surface area contributed by atoms with Crippen LogP contribution in [0.5, 0.6) is 11.5 Å². The molecule has 2 aromatic carbocycles. The van der Waals surface area contributed by atoms with Crippen molar-refractivity contribution >= 4 is 5.96 Å². The van der Waals surface area contributed by atoms with Crippen molar-refractivity contribution in [2.24, 2.45) is 4.99 Å². The Morgan fingerprint density at radius 1 is 1.04 bits per heavy atom. The van der Waals surface area contributed by atoms with Gasteiger partial charge < -0.3 is 25.2 Å². The average molecular weight is 371 g/mol. The number of hydrogen-bond donors (Lipinski definition) is 3. The Balaban J connectivity index is 1.88. The van der Waals surface area contributed by atoms with Gasteiger partial charge in [0.15, 0.2) is 5.96 Å². The third-order valence-corrected chi connectivity index (χ3v) is 4.11. The van der Waals surface area contributed by atoms with E-state index in [9.17, 15) is 5.11 Å². The molecular formula is C21H29N3O3. The van der Waals surface area contributed by atoms with Gasteiger partial charge in [-0.15, -0.1) is 0 Å². The summed E-state index contributed by atoms with van der Waals surface area (Å²) in [6.45, 7) is 3.78. The number of methoxy groups -OCH3 is 2. The fourth-order valence-electron chi connectivity index (χ4n) is 2.59. The number of rotatable bonds is 9. The smallest absolute Gasteiger partial charge is 0.191 e. The van der Waals surface area contributed by atoms with Crippen molar-refractivity contribution in [1.82, 2.24) is 10.6 Å². The van der Waals surface area contributed by atoms with Gasteiger partial charge in [-0.25, -0.2) is 0 Å². The summed E-state index contributed by atoms with van der Waals surface area (Å²) in [6.07, 6.45) is 0.185. The average Bonchev–Trinajstić information content (AvgIpc) is 2.72. The zero-order valence-electron chi connectivity index (χ0n) is 16.2. The fraction of sp³-hybridized carbons (Fsp3) is 0.381. The van der Waals surface area contributed by atoms with Gasteiger partial charge in [-0.05, 0) is 48.7 Å². The SMILES string of the molecule is CCNC(=NCC(O)c1cccc(OC)c1)NCCc1ccc(OC)cc1. The van der Waals surface area contributed by atoms with E-state index < -0.39 is 6.10 Å². The van der Waals surface area contributed by atoms with Gasteiger partial charge in [0.2, 0.25) is 0 Å². The molecule has 2 rings (SSSR count). The molecule has 0 spiro atoms. The lowest BCUT2D eigenvalue weighted by Gasteiger charge is -2.14. The molecule has 0 fully saturated rings. The molecule has 0 saturated carbocycles. The minimum absolute atomic E-state index is 0.269. The Bertz CT molecular complexity index is 717. The molecule has 146 valence electrons. The summed E-state index contributed by atoms with van der Waals surface area (Å²) in [7, 11) is 3.27. The highest BCUT2D eigenvalue weighted by molar-refractivity contribution is 5.79. The van der Waals surface area contributed by atoms with Crippen LogP contribution in [-0.4, -0.2) is 44.9 Å². The molecule has 1 unspecified atom stereocenters. The maximum Gasteiger partial charge on any atom is 0.191 e. The molecule has 2 aromatic rings. The zero-order valence-corrected chi connectivity index (χ0v) is 16.2. The van der Waals surface area contributed by atoms with E-state index in [1.807, 2.05) is 43.3 Å². The molecule has 0 bridgehead atoms. The second-order valence-electron chi connectivity index (χ2n) is 6.04. The van der Waals surface area contributed by atoms with Crippen molar-refractivity contribution < 1.29 is 14.6 Å². The van der Waals surface area contributed by atoms with Gasteiger partial charge in [0.05, 0.1) is 26.9 Å². The molecule has 0 aliphatic heterocycles. The molecule has 0 aliphatic carbocycles. The van der Waals surface area contributed by atoms with E-state index in [0.29, 0.717) is 5.96 Å². The molecule has 6 heteroatoms. The number of aliphatic hydroxyl groups is 1. The lowest BCUT2D eigenvalue weighted by molar-refractivity contribution is 0.186. The van der Waals surface area contributed by atoms with Crippen LogP contribution in [0.1, 0.15) is 24.2 Å². The van der Waals surface area contributed by atoms with E-state index in [2.05, 4.69) is 27.8 Å². The number of nitrogens with zero attached hydrogens (tertiary/aromatic N) is 1. The first-order valence-corrected chi connectivity index (χ1v) is 9.13. The zero-order chi connectivity index (χ0) is 19.5. The van der Waals surface area contributed by atoms with Crippen molar-refractivity contribution in [2.45, 2.75) is 19.4 Å². The lowest BCUT2D eigenvalue weighted by atomic mass is 10.1. The molecule has 1 atom stereocenters. The van der Waals surface area contributed by atoms with Crippen molar-refractivity contribution in [1.29, 1.82) is 0 Å². The monoisotopic (exact) mass is 371 g/mol. The molecule has 0 aromatic heterocycles. The quantitative estimate of drug-likeness (QED) is 0.467. The molecule has 0 amide bonds. The Kier molecular flexibility index (Phi) is 8.45. The third kappa shape index (κ3) is 6.83. The van der Waals surface area contributed by atoms with Gasteiger partial charge in [-0.1, -0.05) is 24.3 Å². The van der Waals surface area contributed by atoms with Gasteiger partial charge >= 0.3 is 0 Å². The van der Waals surface area contributed by atoms with Crippen LogP contribution in [0.15, 0.2) is 53.5 Å². The second-order valence-corrected chi connectivity index (χ2v) is 6.04. The summed E-state index contributed by atoms with van der Waals surface area (Å²) in [4.78, 5) is 4.49. The lowest BCUT2D eigenvalue weighted by Crippen LogP contribution is -2.38. The topological polar surface area (TPSA) is 75.1 Å². The summed E-state index contributed by atoms with van der Waals surface area (Å²) in [5.41, 5.74) is 2.00. The van der Waals surface area contributed by atoms with Gasteiger partial charge in [0.1, 0.15) is 11.5 Å². The predicted molar refractivity (Wildman–Crippen MR) is 109 cm³/mol. The van der Waals surface area contributed by atoms with Crippen LogP contribution in [0, 0.1) is 0 Å². The maximum atomic E-state index is 10.4. The summed E-state index contributed by atoms with van der Waals surface area (Å²) < 4.78 is 10.4. The number of guanidine groups is 1. The van der Waals surface area contributed by atoms with Crippen LogP contribution in [0.3, 0.4) is 0 Å². The number of ether oxygens (including phenoxy) is 2.